The van der Waals surface area contributed by atoms with Crippen molar-refractivity contribution in [3.05, 3.63) is 60.4 Å². The topological polar surface area (TPSA) is 78.9 Å². The van der Waals surface area contributed by atoms with Gasteiger partial charge in [-0.25, -0.2) is 12.8 Å². The Balaban J connectivity index is 1.44. The zero-order chi connectivity index (χ0) is 21.6. The van der Waals surface area contributed by atoms with E-state index in [-0.39, 0.29) is 37.1 Å². The number of ether oxygens (including phenoxy) is 1. The van der Waals surface area contributed by atoms with Crippen LogP contribution in [0, 0.1) is 5.82 Å². The molecule has 1 amide bonds. The molecule has 0 saturated carbocycles. The summed E-state index contributed by atoms with van der Waals surface area (Å²) in [6, 6.07) is 15.4. The van der Waals surface area contributed by atoms with Crippen molar-refractivity contribution in [1.82, 2.24) is 9.62 Å². The molecular weight excluding hydrogens is 409 g/mol. The maximum atomic E-state index is 13.9. The van der Waals surface area contributed by atoms with Gasteiger partial charge in [-0.15, -0.1) is 0 Å². The van der Waals surface area contributed by atoms with Gasteiger partial charge < -0.3 is 15.0 Å². The van der Waals surface area contributed by atoms with E-state index in [2.05, 4.69) is 5.32 Å². The molecule has 1 fully saturated rings. The van der Waals surface area contributed by atoms with Gasteiger partial charge in [0.15, 0.2) is 6.10 Å². The molecular formula is C21H26FN3O4S. The molecule has 0 unspecified atom stereocenters. The standard InChI is InChI=1S/C21H26FN3O4S/c1-17(29-18-7-3-2-4-8-18)21(26)23-11-16-30(27,28)25-14-12-24(13-15-25)20-10-6-5-9-19(20)22/h2-10,17H,11-16H2,1H3,(H,23,26)/t17-/m0/s1. The minimum Gasteiger partial charge on any atom is -0.481 e. The van der Waals surface area contributed by atoms with Gasteiger partial charge in [-0.2, -0.15) is 4.31 Å². The molecule has 0 spiro atoms. The summed E-state index contributed by atoms with van der Waals surface area (Å²) in [7, 11) is -3.52. The van der Waals surface area contributed by atoms with E-state index in [1.165, 1.54) is 10.4 Å². The van der Waals surface area contributed by atoms with Crippen LogP contribution in [0.3, 0.4) is 0 Å². The van der Waals surface area contributed by atoms with Gasteiger partial charge in [-0.3, -0.25) is 4.79 Å². The maximum absolute atomic E-state index is 13.9. The van der Waals surface area contributed by atoms with Crippen molar-refractivity contribution in [3.8, 4) is 5.75 Å². The highest BCUT2D eigenvalue weighted by Crippen LogP contribution is 2.21. The molecule has 2 aromatic rings. The second-order valence-corrected chi connectivity index (χ2v) is 9.11. The molecule has 3 rings (SSSR count). The molecule has 0 aliphatic carbocycles. The molecule has 1 heterocycles. The number of carbonyl (C=O) groups is 1. The van der Waals surface area contributed by atoms with Crippen LogP contribution in [-0.2, 0) is 14.8 Å². The summed E-state index contributed by atoms with van der Waals surface area (Å²) in [5, 5.41) is 2.61. The number of sulfonamides is 1. The van der Waals surface area contributed by atoms with Gasteiger partial charge in [0.25, 0.3) is 5.91 Å². The monoisotopic (exact) mass is 435 g/mol. The highest BCUT2D eigenvalue weighted by molar-refractivity contribution is 7.89. The maximum Gasteiger partial charge on any atom is 0.260 e. The van der Waals surface area contributed by atoms with Crippen LogP contribution in [0.25, 0.3) is 0 Å². The summed E-state index contributed by atoms with van der Waals surface area (Å²) < 4.78 is 46.0. The highest BCUT2D eigenvalue weighted by Gasteiger charge is 2.28. The van der Waals surface area contributed by atoms with Crippen LogP contribution >= 0.6 is 0 Å². The van der Waals surface area contributed by atoms with Crippen LogP contribution in [0.5, 0.6) is 5.75 Å². The van der Waals surface area contributed by atoms with E-state index >= 15 is 0 Å². The molecule has 1 N–H and O–H groups in total. The average Bonchev–Trinajstić information content (AvgIpc) is 2.74. The fourth-order valence-corrected chi connectivity index (χ4v) is 4.59. The van der Waals surface area contributed by atoms with Crippen molar-refractivity contribution in [2.24, 2.45) is 0 Å². The number of carbonyl (C=O) groups excluding carboxylic acids is 1. The van der Waals surface area contributed by atoms with Crippen molar-refractivity contribution < 1.29 is 22.3 Å². The molecule has 0 bridgehead atoms. The number of nitrogens with zero attached hydrogens (tertiary/aromatic N) is 2. The summed E-state index contributed by atoms with van der Waals surface area (Å²) in [6.45, 7) is 2.98. The van der Waals surface area contributed by atoms with E-state index in [4.69, 9.17) is 4.74 Å². The number of amides is 1. The van der Waals surface area contributed by atoms with Crippen molar-refractivity contribution >= 4 is 21.6 Å². The van der Waals surface area contributed by atoms with Crippen molar-refractivity contribution in [2.75, 3.05) is 43.4 Å². The Morgan fingerprint density at radius 3 is 2.37 bits per heavy atom. The predicted molar refractivity (Wildman–Crippen MR) is 114 cm³/mol. The number of anilines is 1. The first-order valence-corrected chi connectivity index (χ1v) is 11.4. The first-order chi connectivity index (χ1) is 14.4. The normalized spacial score (nSPS) is 16.1. The largest absolute Gasteiger partial charge is 0.481 e. The lowest BCUT2D eigenvalue weighted by Crippen LogP contribution is -2.50. The minimum absolute atomic E-state index is 0.00279. The van der Waals surface area contributed by atoms with Crippen molar-refractivity contribution in [3.63, 3.8) is 0 Å². The third kappa shape index (κ3) is 5.70. The van der Waals surface area contributed by atoms with Crippen LogP contribution in [-0.4, -0.2) is 63.2 Å². The zero-order valence-electron chi connectivity index (χ0n) is 16.8. The lowest BCUT2D eigenvalue weighted by atomic mass is 10.2. The average molecular weight is 436 g/mol. The molecule has 2 aromatic carbocycles. The van der Waals surface area contributed by atoms with Crippen LogP contribution in [0.4, 0.5) is 10.1 Å². The van der Waals surface area contributed by atoms with Gasteiger partial charge in [0.2, 0.25) is 10.0 Å². The molecule has 1 aliphatic heterocycles. The van der Waals surface area contributed by atoms with E-state index < -0.39 is 16.1 Å². The van der Waals surface area contributed by atoms with Gasteiger partial charge in [-0.05, 0) is 31.2 Å². The van der Waals surface area contributed by atoms with E-state index in [0.29, 0.717) is 24.5 Å². The number of hydrogen-bond donors (Lipinski definition) is 1. The van der Waals surface area contributed by atoms with Crippen LogP contribution in [0.1, 0.15) is 6.92 Å². The van der Waals surface area contributed by atoms with Gasteiger partial charge in [0, 0.05) is 32.7 Å². The second kappa shape index (κ2) is 9.90. The third-order valence-corrected chi connectivity index (χ3v) is 6.78. The number of halogens is 1. The highest BCUT2D eigenvalue weighted by atomic mass is 32.2. The molecule has 0 aromatic heterocycles. The lowest BCUT2D eigenvalue weighted by Gasteiger charge is -2.35. The number of nitrogens with one attached hydrogen (secondary N) is 1. The molecule has 7 nitrogen and oxygen atoms in total. The fourth-order valence-electron chi connectivity index (χ4n) is 3.25. The van der Waals surface area contributed by atoms with E-state index in [0.717, 1.165) is 0 Å². The second-order valence-electron chi connectivity index (χ2n) is 7.02. The summed E-state index contributed by atoms with van der Waals surface area (Å²) in [5.41, 5.74) is 0.481. The summed E-state index contributed by atoms with van der Waals surface area (Å²) in [6.07, 6.45) is -0.737. The smallest absolute Gasteiger partial charge is 0.260 e. The molecule has 162 valence electrons. The third-order valence-electron chi connectivity index (χ3n) is 4.91. The van der Waals surface area contributed by atoms with Crippen LogP contribution in [0.15, 0.2) is 54.6 Å². The van der Waals surface area contributed by atoms with Crippen LogP contribution < -0.4 is 15.0 Å². The molecule has 1 saturated heterocycles. The molecule has 0 radical (unpaired) electrons. The van der Waals surface area contributed by atoms with Gasteiger partial charge in [0.1, 0.15) is 11.6 Å². The minimum atomic E-state index is -3.52. The Hall–Kier alpha value is -2.65. The fraction of sp³-hybridized carbons (Fsp3) is 0.381. The SMILES string of the molecule is C[C@H](Oc1ccccc1)C(=O)NCCS(=O)(=O)N1CCN(c2ccccc2F)CC1. The van der Waals surface area contributed by atoms with Crippen LogP contribution in [0.2, 0.25) is 0 Å². The first-order valence-electron chi connectivity index (χ1n) is 9.83. The number of rotatable bonds is 8. The van der Waals surface area contributed by atoms with Crippen molar-refractivity contribution in [2.45, 2.75) is 13.0 Å². The summed E-state index contributed by atoms with van der Waals surface area (Å²) >= 11 is 0. The number of para-hydroxylation sites is 2. The number of benzene rings is 2. The lowest BCUT2D eigenvalue weighted by molar-refractivity contribution is -0.127. The Labute approximate surface area is 176 Å². The van der Waals surface area contributed by atoms with Gasteiger partial charge >= 0.3 is 0 Å². The van der Waals surface area contributed by atoms with Gasteiger partial charge in [0.05, 0.1) is 11.4 Å². The predicted octanol–water partition coefficient (Wildman–Crippen LogP) is 1.86. The number of hydrogen-bond acceptors (Lipinski definition) is 5. The van der Waals surface area contributed by atoms with E-state index in [9.17, 15) is 17.6 Å². The summed E-state index contributed by atoms with van der Waals surface area (Å²) in [4.78, 5) is 14.0. The Kier molecular flexibility index (Phi) is 7.28. The van der Waals surface area contributed by atoms with Crippen molar-refractivity contribution in [1.29, 1.82) is 0 Å². The van der Waals surface area contributed by atoms with E-state index in [1.54, 1.807) is 49.4 Å². The Morgan fingerprint density at radius 2 is 1.70 bits per heavy atom. The van der Waals surface area contributed by atoms with Gasteiger partial charge in [-0.1, -0.05) is 30.3 Å². The zero-order valence-corrected chi connectivity index (χ0v) is 17.6. The molecule has 1 atom stereocenters. The Morgan fingerprint density at radius 1 is 1.07 bits per heavy atom. The number of piperazine rings is 1. The molecule has 30 heavy (non-hydrogen) atoms. The van der Waals surface area contributed by atoms with E-state index in [1.807, 2.05) is 11.0 Å². The first kappa shape index (κ1) is 22.0. The Bertz CT molecular complexity index is 948. The summed E-state index contributed by atoms with van der Waals surface area (Å²) in [5.74, 6) is -0.321. The quantitative estimate of drug-likeness (QED) is 0.685. The molecule has 9 heteroatoms. The molecule has 1 aliphatic rings.